The van der Waals surface area contributed by atoms with E-state index in [2.05, 4.69) is 0 Å². The van der Waals surface area contributed by atoms with Crippen molar-refractivity contribution in [3.8, 4) is 33.8 Å². The maximum Gasteiger partial charge on any atom is 0.416 e. The Hall–Kier alpha value is -7.77. The molecule has 0 aromatic heterocycles. The van der Waals surface area contributed by atoms with E-state index < -0.39 is 78.1 Å². The van der Waals surface area contributed by atoms with Crippen molar-refractivity contribution in [3.05, 3.63) is 204 Å². The number of benzene rings is 6. The van der Waals surface area contributed by atoms with Crippen LogP contribution in [-0.4, -0.2) is 89.4 Å². The zero-order valence-electron chi connectivity index (χ0n) is 42.7. The van der Waals surface area contributed by atoms with Crippen LogP contribution in [0.3, 0.4) is 0 Å². The van der Waals surface area contributed by atoms with Crippen molar-refractivity contribution in [2.75, 3.05) is 13.2 Å². The number of fused-ring (bicyclic) bond motifs is 2. The average molecular weight is 1120 g/mol. The summed E-state index contributed by atoms with van der Waals surface area (Å²) in [4.78, 5) is 37.9. The molecule has 0 radical (unpaired) electrons. The van der Waals surface area contributed by atoms with Crippen LogP contribution in [0.1, 0.15) is 65.0 Å². The van der Waals surface area contributed by atoms with Gasteiger partial charge in [0, 0.05) is 37.0 Å². The second-order valence-corrected chi connectivity index (χ2v) is 19.9. The summed E-state index contributed by atoms with van der Waals surface area (Å²) in [6.45, 7) is -0.553. The molecule has 426 valence electrons. The van der Waals surface area contributed by atoms with E-state index in [1.807, 2.05) is 84.9 Å². The zero-order valence-corrected chi connectivity index (χ0v) is 42.7. The molecule has 10 rings (SSSR count). The van der Waals surface area contributed by atoms with Crippen LogP contribution in [0.25, 0.3) is 22.3 Å². The Labute approximate surface area is 464 Å². The Bertz CT molecular complexity index is 3110. The molecule has 3 unspecified atom stereocenters. The van der Waals surface area contributed by atoms with E-state index in [0.29, 0.717) is 30.4 Å². The van der Waals surface area contributed by atoms with Crippen LogP contribution in [0, 0.1) is 23.7 Å². The number of carbonyl (C=O) groups excluding carboxylic acids is 3. The predicted octanol–water partition coefficient (Wildman–Crippen LogP) is 12.1. The molecule has 81 heavy (non-hydrogen) atoms. The molecule has 4 aliphatic rings. The standard InChI is InChI=1S/C31H29F3O6.C31H27F3O6.CH4/c2*32-31(33,34)22-7-4-8-24(15-22)38-18-23(35)13-14-25-26-16-29(36)39-28(26)17-27(25)40-30(37)21-11-9-20(10-12-21)19-5-2-1-3-6-19;/h1-15,23,25-29,35-36H,16-18H2;1-15,23,25-28,35H,16-18H2;1H4/b2*14-13+;/t23-,25-,26-,27-,28?,29?;23-,25-,26-,27-,28?;/m11./s1. The van der Waals surface area contributed by atoms with Crippen molar-refractivity contribution < 1.29 is 84.5 Å². The van der Waals surface area contributed by atoms with E-state index in [1.54, 1.807) is 36.4 Å². The summed E-state index contributed by atoms with van der Waals surface area (Å²) in [6, 6.07) is 42.5. The number of halogens is 6. The summed E-state index contributed by atoms with van der Waals surface area (Å²) >= 11 is 0. The largest absolute Gasteiger partial charge is 0.491 e. The molecule has 2 heterocycles. The summed E-state index contributed by atoms with van der Waals surface area (Å²) in [5.74, 6) is -2.45. The quantitative estimate of drug-likeness (QED) is 0.0364. The highest BCUT2D eigenvalue weighted by molar-refractivity contribution is 5.91. The molecule has 0 amide bonds. The number of esters is 3. The van der Waals surface area contributed by atoms with E-state index in [0.717, 1.165) is 46.5 Å². The van der Waals surface area contributed by atoms with E-state index >= 15 is 0 Å². The van der Waals surface area contributed by atoms with Gasteiger partial charge in [-0.2, -0.15) is 26.3 Å². The topological polar surface area (TPSA) is 167 Å². The van der Waals surface area contributed by atoms with Crippen LogP contribution >= 0.6 is 0 Å². The monoisotopic (exact) mass is 1120 g/mol. The molecule has 18 heteroatoms. The first-order valence-electron chi connectivity index (χ1n) is 25.9. The maximum atomic E-state index is 13.0. The lowest BCUT2D eigenvalue weighted by Crippen LogP contribution is -2.26. The molecule has 0 bridgehead atoms. The van der Waals surface area contributed by atoms with Crippen molar-refractivity contribution in [2.24, 2.45) is 23.7 Å². The minimum atomic E-state index is -4.51. The number of alkyl halides is 6. The van der Waals surface area contributed by atoms with Gasteiger partial charge in [0.25, 0.3) is 0 Å². The van der Waals surface area contributed by atoms with E-state index in [9.17, 15) is 56.0 Å². The van der Waals surface area contributed by atoms with Crippen molar-refractivity contribution in [1.29, 1.82) is 0 Å². The molecule has 11 atom stereocenters. The first kappa shape index (κ1) is 59.4. The number of carbonyl (C=O) groups is 3. The molecule has 2 aliphatic heterocycles. The molecular weight excluding hydrogens is 1060 g/mol. The zero-order chi connectivity index (χ0) is 56.6. The van der Waals surface area contributed by atoms with Crippen LogP contribution in [0.4, 0.5) is 26.3 Å². The fourth-order valence-corrected chi connectivity index (χ4v) is 10.5. The lowest BCUT2D eigenvalue weighted by atomic mass is 9.91. The lowest BCUT2D eigenvalue weighted by Gasteiger charge is -2.21. The molecule has 4 fully saturated rings. The third-order valence-electron chi connectivity index (χ3n) is 14.5. The average Bonchev–Trinajstić information content (AvgIpc) is 4.41. The van der Waals surface area contributed by atoms with Crippen LogP contribution in [0.5, 0.6) is 11.5 Å². The SMILES string of the molecule is C.O=C(O[C@@H]1CC2OC(O)C[C@@H]2[C@H]1/C=C/[C@@H](O)COc1cccc(C(F)(F)F)c1)c1ccc(-c2ccccc2)cc1.O=C1C[C@H]2C(C[C@@H](OC(=O)c3ccc(-c4ccccc4)cc3)[C@@H]2/C=C/[C@@H](O)COc2cccc(C(F)(F)F)c2)O1. The third kappa shape index (κ3) is 15.4. The fourth-order valence-electron chi connectivity index (χ4n) is 10.5. The molecule has 3 N–H and O–H groups in total. The van der Waals surface area contributed by atoms with Gasteiger partial charge in [-0.05, 0) is 88.8 Å². The minimum Gasteiger partial charge on any atom is -0.491 e. The van der Waals surface area contributed by atoms with E-state index in [-0.39, 0.29) is 68.4 Å². The van der Waals surface area contributed by atoms with E-state index in [4.69, 9.17) is 28.4 Å². The summed E-state index contributed by atoms with van der Waals surface area (Å²) in [5, 5.41) is 30.8. The summed E-state index contributed by atoms with van der Waals surface area (Å²) in [7, 11) is 0. The second kappa shape index (κ2) is 26.2. The van der Waals surface area contributed by atoms with Gasteiger partial charge in [-0.15, -0.1) is 0 Å². The van der Waals surface area contributed by atoms with Crippen molar-refractivity contribution in [3.63, 3.8) is 0 Å². The highest BCUT2D eigenvalue weighted by atomic mass is 19.4. The van der Waals surface area contributed by atoms with Gasteiger partial charge in [0.1, 0.15) is 55.2 Å². The number of hydrogen-bond acceptors (Lipinski definition) is 12. The number of aliphatic hydroxyl groups excluding tert-OH is 3. The van der Waals surface area contributed by atoms with Crippen LogP contribution in [0.15, 0.2) is 182 Å². The second-order valence-electron chi connectivity index (χ2n) is 19.9. The van der Waals surface area contributed by atoms with Crippen molar-refractivity contribution in [1.82, 2.24) is 0 Å². The molecule has 6 aromatic rings. The van der Waals surface area contributed by atoms with E-state index in [1.165, 1.54) is 36.4 Å². The molecule has 0 spiro atoms. The summed E-state index contributed by atoms with van der Waals surface area (Å²) in [5.41, 5.74) is 3.07. The van der Waals surface area contributed by atoms with Gasteiger partial charge in [0.05, 0.1) is 34.8 Å². The Balaban J connectivity index is 0.000000210. The Kier molecular flexibility index (Phi) is 19.2. The van der Waals surface area contributed by atoms with Crippen LogP contribution in [-0.2, 0) is 36.1 Å². The molecule has 2 aliphatic carbocycles. The van der Waals surface area contributed by atoms with Crippen molar-refractivity contribution >= 4 is 17.9 Å². The van der Waals surface area contributed by atoms with Crippen molar-refractivity contribution in [2.45, 2.75) is 88.4 Å². The van der Waals surface area contributed by atoms with Gasteiger partial charge in [0.15, 0.2) is 6.29 Å². The lowest BCUT2D eigenvalue weighted by molar-refractivity contribution is -0.142. The van der Waals surface area contributed by atoms with Gasteiger partial charge in [-0.1, -0.05) is 129 Å². The fraction of sp³-hybridized carbons (Fsp3) is 0.317. The molecule has 2 saturated carbocycles. The summed E-state index contributed by atoms with van der Waals surface area (Å²) in [6.07, 6.45) is -6.49. The number of rotatable bonds is 16. The van der Waals surface area contributed by atoms with Crippen LogP contribution in [0.2, 0.25) is 0 Å². The Morgan fingerprint density at radius 1 is 0.556 bits per heavy atom. The van der Waals surface area contributed by atoms with Gasteiger partial charge in [-0.25, -0.2) is 9.59 Å². The first-order chi connectivity index (χ1) is 38.3. The number of hydrogen-bond donors (Lipinski definition) is 3. The predicted molar refractivity (Wildman–Crippen MR) is 286 cm³/mol. The normalized spacial score (nSPS) is 23.8. The van der Waals surface area contributed by atoms with Gasteiger partial charge < -0.3 is 43.7 Å². The Morgan fingerprint density at radius 3 is 1.42 bits per heavy atom. The third-order valence-corrected chi connectivity index (χ3v) is 14.5. The van der Waals surface area contributed by atoms with Crippen LogP contribution < -0.4 is 9.47 Å². The highest BCUT2D eigenvalue weighted by Crippen LogP contribution is 2.46. The van der Waals surface area contributed by atoms with Gasteiger partial charge in [-0.3, -0.25) is 4.79 Å². The Morgan fingerprint density at radius 2 is 0.975 bits per heavy atom. The highest BCUT2D eigenvalue weighted by Gasteiger charge is 2.52. The van der Waals surface area contributed by atoms with Gasteiger partial charge >= 0.3 is 30.3 Å². The smallest absolute Gasteiger partial charge is 0.416 e. The maximum absolute atomic E-state index is 13.0. The molecule has 12 nitrogen and oxygen atoms in total. The summed E-state index contributed by atoms with van der Waals surface area (Å²) < 4.78 is 111. The molecule has 6 aromatic carbocycles. The first-order valence-corrected chi connectivity index (χ1v) is 25.9. The molecular formula is C63H60F6O12. The van der Waals surface area contributed by atoms with Gasteiger partial charge in [0.2, 0.25) is 0 Å². The molecule has 2 saturated heterocycles. The number of ether oxygens (including phenoxy) is 6. The number of aliphatic hydroxyl groups is 3. The minimum absolute atomic E-state index is 0.